The molecule has 0 aliphatic heterocycles. The first-order valence-corrected chi connectivity index (χ1v) is 7.35. The SMILES string of the molecule is CC(C)CNc1nc2c(s1)Cc1cc(Cl)ccc1-2. The maximum atomic E-state index is 6.02. The minimum Gasteiger partial charge on any atom is -0.361 e. The van der Waals surface area contributed by atoms with Crippen molar-refractivity contribution in [3.63, 3.8) is 0 Å². The number of hydrogen-bond donors (Lipinski definition) is 1. The summed E-state index contributed by atoms with van der Waals surface area (Å²) in [5.41, 5.74) is 3.67. The van der Waals surface area contributed by atoms with Crippen molar-refractivity contribution in [2.24, 2.45) is 5.92 Å². The van der Waals surface area contributed by atoms with Crippen LogP contribution in [0, 0.1) is 5.92 Å². The predicted octanol–water partition coefficient (Wildman–Crippen LogP) is 4.44. The van der Waals surface area contributed by atoms with Crippen molar-refractivity contribution < 1.29 is 0 Å². The van der Waals surface area contributed by atoms with Crippen LogP contribution >= 0.6 is 22.9 Å². The molecule has 0 radical (unpaired) electrons. The van der Waals surface area contributed by atoms with Crippen molar-refractivity contribution in [3.05, 3.63) is 33.7 Å². The van der Waals surface area contributed by atoms with Gasteiger partial charge in [0.2, 0.25) is 0 Å². The molecule has 1 heterocycles. The summed E-state index contributed by atoms with van der Waals surface area (Å²) in [5, 5.41) is 5.24. The standard InChI is InChI=1S/C14H15ClN2S/c1-8(2)7-16-14-17-13-11-4-3-10(15)5-9(11)6-12(13)18-14/h3-5,8H,6-7H2,1-2H3,(H,16,17). The zero-order chi connectivity index (χ0) is 12.7. The van der Waals surface area contributed by atoms with Gasteiger partial charge in [0, 0.05) is 28.4 Å². The minimum absolute atomic E-state index is 0.634. The summed E-state index contributed by atoms with van der Waals surface area (Å²) in [6.07, 6.45) is 0.965. The Morgan fingerprint density at radius 1 is 1.44 bits per heavy atom. The van der Waals surface area contributed by atoms with Crippen LogP contribution in [0.25, 0.3) is 11.3 Å². The van der Waals surface area contributed by atoms with Crippen LogP contribution in [0.5, 0.6) is 0 Å². The molecule has 0 amide bonds. The van der Waals surface area contributed by atoms with Crippen molar-refractivity contribution >= 4 is 28.1 Å². The van der Waals surface area contributed by atoms with Crippen molar-refractivity contribution in [1.29, 1.82) is 0 Å². The van der Waals surface area contributed by atoms with Crippen LogP contribution in [0.15, 0.2) is 18.2 Å². The van der Waals surface area contributed by atoms with Crippen LogP contribution in [0.1, 0.15) is 24.3 Å². The highest BCUT2D eigenvalue weighted by Gasteiger charge is 2.23. The molecule has 0 bridgehead atoms. The average molecular weight is 279 g/mol. The largest absolute Gasteiger partial charge is 0.361 e. The van der Waals surface area contributed by atoms with E-state index >= 15 is 0 Å². The summed E-state index contributed by atoms with van der Waals surface area (Å²) in [5.74, 6) is 0.634. The fourth-order valence-corrected chi connectivity index (χ4v) is 3.36. The third-order valence-electron chi connectivity index (χ3n) is 3.03. The highest BCUT2D eigenvalue weighted by molar-refractivity contribution is 7.16. The lowest BCUT2D eigenvalue weighted by molar-refractivity contribution is 0.688. The van der Waals surface area contributed by atoms with Gasteiger partial charge in [0.25, 0.3) is 0 Å². The molecule has 1 aliphatic carbocycles. The van der Waals surface area contributed by atoms with E-state index in [1.165, 1.54) is 16.0 Å². The van der Waals surface area contributed by atoms with Gasteiger partial charge in [-0.2, -0.15) is 0 Å². The Morgan fingerprint density at radius 3 is 3.06 bits per heavy atom. The number of thiazole rings is 1. The molecule has 94 valence electrons. The maximum Gasteiger partial charge on any atom is 0.183 e. The van der Waals surface area contributed by atoms with Crippen LogP contribution in [-0.4, -0.2) is 11.5 Å². The molecule has 1 N–H and O–H groups in total. The second-order valence-electron chi connectivity index (χ2n) is 5.04. The van der Waals surface area contributed by atoms with Crippen LogP contribution in [0.3, 0.4) is 0 Å². The quantitative estimate of drug-likeness (QED) is 0.766. The van der Waals surface area contributed by atoms with E-state index in [-0.39, 0.29) is 0 Å². The summed E-state index contributed by atoms with van der Waals surface area (Å²) < 4.78 is 0. The normalized spacial score (nSPS) is 12.7. The minimum atomic E-state index is 0.634. The van der Waals surface area contributed by atoms with Gasteiger partial charge in [-0.1, -0.05) is 31.5 Å². The van der Waals surface area contributed by atoms with E-state index in [1.54, 1.807) is 11.3 Å². The van der Waals surface area contributed by atoms with Gasteiger partial charge in [0.1, 0.15) is 0 Å². The summed E-state index contributed by atoms with van der Waals surface area (Å²) in [6, 6.07) is 6.07. The van der Waals surface area contributed by atoms with Crippen molar-refractivity contribution in [2.45, 2.75) is 20.3 Å². The van der Waals surface area contributed by atoms with Gasteiger partial charge in [-0.3, -0.25) is 0 Å². The number of nitrogens with zero attached hydrogens (tertiary/aromatic N) is 1. The third kappa shape index (κ3) is 2.13. The fourth-order valence-electron chi connectivity index (χ4n) is 2.16. The number of rotatable bonds is 3. The van der Waals surface area contributed by atoms with Crippen molar-refractivity contribution in [1.82, 2.24) is 4.98 Å². The summed E-state index contributed by atoms with van der Waals surface area (Å²) in [4.78, 5) is 6.04. The molecule has 2 nitrogen and oxygen atoms in total. The molecule has 0 saturated heterocycles. The van der Waals surface area contributed by atoms with E-state index in [9.17, 15) is 0 Å². The van der Waals surface area contributed by atoms with Gasteiger partial charge >= 0.3 is 0 Å². The monoisotopic (exact) mass is 278 g/mol. The molecule has 1 aromatic heterocycles. The Balaban J connectivity index is 1.88. The van der Waals surface area contributed by atoms with E-state index in [0.29, 0.717) is 5.92 Å². The second kappa shape index (κ2) is 4.56. The number of anilines is 1. The van der Waals surface area contributed by atoms with Crippen LogP contribution in [-0.2, 0) is 6.42 Å². The Morgan fingerprint density at radius 2 is 2.28 bits per heavy atom. The summed E-state index contributed by atoms with van der Waals surface area (Å²) in [6.45, 7) is 5.37. The number of aromatic nitrogens is 1. The molecule has 0 saturated carbocycles. The number of benzene rings is 1. The fraction of sp³-hybridized carbons (Fsp3) is 0.357. The molecule has 1 aromatic carbocycles. The molecule has 2 aromatic rings. The van der Waals surface area contributed by atoms with E-state index < -0.39 is 0 Å². The van der Waals surface area contributed by atoms with E-state index in [4.69, 9.17) is 16.6 Å². The van der Waals surface area contributed by atoms with Gasteiger partial charge in [0.05, 0.1) is 5.69 Å². The van der Waals surface area contributed by atoms with Crippen LogP contribution < -0.4 is 5.32 Å². The smallest absolute Gasteiger partial charge is 0.183 e. The topological polar surface area (TPSA) is 24.9 Å². The predicted molar refractivity (Wildman–Crippen MR) is 78.7 cm³/mol. The first-order valence-electron chi connectivity index (χ1n) is 6.16. The summed E-state index contributed by atoms with van der Waals surface area (Å²) >= 11 is 7.78. The Labute approximate surface area is 116 Å². The molecule has 0 fully saturated rings. The first kappa shape index (κ1) is 12.0. The number of hydrogen-bond acceptors (Lipinski definition) is 3. The van der Waals surface area contributed by atoms with Gasteiger partial charge in [0.15, 0.2) is 5.13 Å². The van der Waals surface area contributed by atoms with Crippen LogP contribution in [0.4, 0.5) is 5.13 Å². The van der Waals surface area contributed by atoms with Crippen molar-refractivity contribution in [2.75, 3.05) is 11.9 Å². The lowest BCUT2D eigenvalue weighted by atomic mass is 10.1. The highest BCUT2D eigenvalue weighted by atomic mass is 35.5. The molecular weight excluding hydrogens is 264 g/mol. The molecule has 0 spiro atoms. The zero-order valence-electron chi connectivity index (χ0n) is 10.5. The van der Waals surface area contributed by atoms with Crippen LogP contribution in [0.2, 0.25) is 5.02 Å². The molecule has 0 unspecified atom stereocenters. The molecule has 4 heteroatoms. The molecule has 18 heavy (non-hydrogen) atoms. The average Bonchev–Trinajstić information content (AvgIpc) is 2.82. The van der Waals surface area contributed by atoms with Gasteiger partial charge in [-0.25, -0.2) is 4.98 Å². The maximum absolute atomic E-state index is 6.02. The van der Waals surface area contributed by atoms with E-state index in [1.807, 2.05) is 12.1 Å². The summed E-state index contributed by atoms with van der Waals surface area (Å²) in [7, 11) is 0. The van der Waals surface area contributed by atoms with Gasteiger partial charge in [-0.15, -0.1) is 11.3 Å². The Hall–Kier alpha value is -1.06. The third-order valence-corrected chi connectivity index (χ3v) is 4.28. The molecule has 0 atom stereocenters. The number of fused-ring (bicyclic) bond motifs is 3. The zero-order valence-corrected chi connectivity index (χ0v) is 12.0. The van der Waals surface area contributed by atoms with Gasteiger partial charge < -0.3 is 5.32 Å². The molecule has 1 aliphatic rings. The van der Waals surface area contributed by atoms with Gasteiger partial charge in [-0.05, 0) is 23.6 Å². The molecule has 3 rings (SSSR count). The van der Waals surface area contributed by atoms with Crippen molar-refractivity contribution in [3.8, 4) is 11.3 Å². The lowest BCUT2D eigenvalue weighted by Crippen LogP contribution is -2.07. The Kier molecular flexibility index (Phi) is 3.04. The highest BCUT2D eigenvalue weighted by Crippen LogP contribution is 2.41. The lowest BCUT2D eigenvalue weighted by Gasteiger charge is -2.05. The number of nitrogens with one attached hydrogen (secondary N) is 1. The second-order valence-corrected chi connectivity index (χ2v) is 6.56. The number of halogens is 1. The Bertz CT molecular complexity index is 589. The van der Waals surface area contributed by atoms with E-state index in [0.717, 1.165) is 28.8 Å². The van der Waals surface area contributed by atoms with E-state index in [2.05, 4.69) is 25.2 Å². The molecular formula is C14H15ClN2S. The first-order chi connectivity index (χ1) is 8.63.